The van der Waals surface area contributed by atoms with Gasteiger partial charge in [-0.2, -0.15) is 5.10 Å². The maximum Gasteiger partial charge on any atom is 0.257 e. The highest BCUT2D eigenvalue weighted by Gasteiger charge is 2.43. The molecular weight excluding hydrogens is 356 g/mol. The highest BCUT2D eigenvalue weighted by Crippen LogP contribution is 2.27. The van der Waals surface area contributed by atoms with E-state index in [1.165, 1.54) is 11.8 Å². The van der Waals surface area contributed by atoms with Crippen molar-refractivity contribution in [2.45, 2.75) is 44.2 Å². The van der Waals surface area contributed by atoms with Gasteiger partial charge in [0.05, 0.1) is 11.8 Å². The minimum Gasteiger partial charge on any atom is -0.368 e. The van der Waals surface area contributed by atoms with E-state index in [0.717, 1.165) is 12.8 Å². The van der Waals surface area contributed by atoms with Gasteiger partial charge in [0.25, 0.3) is 11.8 Å². The van der Waals surface area contributed by atoms with Crippen LogP contribution in [0.4, 0.5) is 0 Å². The van der Waals surface area contributed by atoms with Gasteiger partial charge >= 0.3 is 0 Å². The molecule has 1 aliphatic heterocycles. The predicted octanol–water partition coefficient (Wildman–Crippen LogP) is 2.17. The SMILES string of the molecule is COC1(C(=O)NC(C)CCc2ccccc2)CCN(C(=O)c2cn[nH]c2)CC1. The Hall–Kier alpha value is -2.67. The molecule has 0 bridgehead atoms. The molecule has 3 rings (SSSR count). The fourth-order valence-electron chi connectivity index (χ4n) is 3.60. The first kappa shape index (κ1) is 20.1. The van der Waals surface area contributed by atoms with Gasteiger partial charge in [-0.25, -0.2) is 0 Å². The number of amides is 2. The molecule has 2 heterocycles. The highest BCUT2D eigenvalue weighted by atomic mass is 16.5. The quantitative estimate of drug-likeness (QED) is 0.766. The van der Waals surface area contributed by atoms with E-state index in [-0.39, 0.29) is 17.9 Å². The lowest BCUT2D eigenvalue weighted by molar-refractivity contribution is -0.149. The summed E-state index contributed by atoms with van der Waals surface area (Å²) in [7, 11) is 1.57. The van der Waals surface area contributed by atoms with Crippen molar-refractivity contribution in [2.75, 3.05) is 20.2 Å². The zero-order valence-corrected chi connectivity index (χ0v) is 16.5. The van der Waals surface area contributed by atoms with Crippen molar-refractivity contribution in [2.24, 2.45) is 0 Å². The lowest BCUT2D eigenvalue weighted by Gasteiger charge is -2.40. The third kappa shape index (κ3) is 4.59. The largest absolute Gasteiger partial charge is 0.368 e. The smallest absolute Gasteiger partial charge is 0.257 e. The summed E-state index contributed by atoms with van der Waals surface area (Å²) in [5, 5.41) is 9.58. The third-order valence-corrected chi connectivity index (χ3v) is 5.49. The van der Waals surface area contributed by atoms with Crippen LogP contribution in [-0.2, 0) is 16.0 Å². The molecule has 2 aromatic rings. The summed E-state index contributed by atoms with van der Waals surface area (Å²) in [6.07, 6.45) is 5.83. The Kier molecular flexibility index (Phi) is 6.46. The number of likely N-dealkylation sites (tertiary alicyclic amines) is 1. The van der Waals surface area contributed by atoms with Crippen LogP contribution in [0.5, 0.6) is 0 Å². The van der Waals surface area contributed by atoms with Crippen molar-refractivity contribution in [1.29, 1.82) is 0 Å². The summed E-state index contributed by atoms with van der Waals surface area (Å²) in [4.78, 5) is 27.1. The van der Waals surface area contributed by atoms with Crippen LogP contribution in [0.15, 0.2) is 42.7 Å². The molecule has 2 amide bonds. The molecule has 0 aliphatic carbocycles. The Bertz CT molecular complexity index is 768. The molecule has 1 unspecified atom stereocenters. The predicted molar refractivity (Wildman–Crippen MR) is 106 cm³/mol. The van der Waals surface area contributed by atoms with Crippen molar-refractivity contribution >= 4 is 11.8 Å². The van der Waals surface area contributed by atoms with Crippen LogP contribution in [0.3, 0.4) is 0 Å². The van der Waals surface area contributed by atoms with E-state index in [1.54, 1.807) is 18.2 Å². The van der Waals surface area contributed by atoms with Gasteiger partial charge in [-0.15, -0.1) is 0 Å². The van der Waals surface area contributed by atoms with Gasteiger partial charge in [0.1, 0.15) is 5.60 Å². The normalized spacial score (nSPS) is 17.1. The highest BCUT2D eigenvalue weighted by molar-refractivity contribution is 5.94. The molecule has 2 N–H and O–H groups in total. The van der Waals surface area contributed by atoms with Crippen molar-refractivity contribution < 1.29 is 14.3 Å². The molecule has 1 aromatic heterocycles. The first-order valence-electron chi connectivity index (χ1n) is 9.72. The Balaban J connectivity index is 1.52. The number of rotatable bonds is 7. The van der Waals surface area contributed by atoms with Gasteiger partial charge in [-0.1, -0.05) is 30.3 Å². The number of aromatic amines is 1. The second-order valence-electron chi connectivity index (χ2n) is 7.38. The number of methoxy groups -OCH3 is 1. The van der Waals surface area contributed by atoms with Crippen LogP contribution in [0.25, 0.3) is 0 Å². The summed E-state index contributed by atoms with van der Waals surface area (Å²) < 4.78 is 5.65. The number of hydrogen-bond donors (Lipinski definition) is 2. The summed E-state index contributed by atoms with van der Waals surface area (Å²) >= 11 is 0. The van der Waals surface area contributed by atoms with Crippen LogP contribution in [-0.4, -0.2) is 58.8 Å². The van der Waals surface area contributed by atoms with Crippen molar-refractivity contribution in [1.82, 2.24) is 20.4 Å². The second kappa shape index (κ2) is 9.01. The van der Waals surface area contributed by atoms with Gasteiger partial charge in [0, 0.05) is 45.3 Å². The van der Waals surface area contributed by atoms with Gasteiger partial charge < -0.3 is 15.0 Å². The number of aromatic nitrogens is 2. The molecule has 7 nitrogen and oxygen atoms in total. The van der Waals surface area contributed by atoms with Gasteiger partial charge in [0.15, 0.2) is 0 Å². The number of piperidine rings is 1. The first-order valence-corrected chi connectivity index (χ1v) is 9.72. The maximum atomic E-state index is 12.9. The van der Waals surface area contributed by atoms with E-state index in [4.69, 9.17) is 4.74 Å². The molecule has 150 valence electrons. The second-order valence-corrected chi connectivity index (χ2v) is 7.38. The summed E-state index contributed by atoms with van der Waals surface area (Å²) in [6.45, 7) is 2.97. The van der Waals surface area contributed by atoms with Crippen LogP contribution >= 0.6 is 0 Å². The number of ether oxygens (including phenoxy) is 1. The van der Waals surface area contributed by atoms with Crippen molar-refractivity contribution in [3.05, 3.63) is 53.9 Å². The Morgan fingerprint density at radius 2 is 2.00 bits per heavy atom. The van der Waals surface area contributed by atoms with Gasteiger partial charge in [-0.3, -0.25) is 14.7 Å². The van der Waals surface area contributed by atoms with Crippen molar-refractivity contribution in [3.63, 3.8) is 0 Å². The van der Waals surface area contributed by atoms with E-state index in [1.807, 2.05) is 25.1 Å². The zero-order valence-electron chi connectivity index (χ0n) is 16.5. The molecule has 0 spiro atoms. The molecule has 0 radical (unpaired) electrons. The summed E-state index contributed by atoms with van der Waals surface area (Å²) in [5.74, 6) is -0.166. The van der Waals surface area contributed by atoms with Crippen molar-refractivity contribution in [3.8, 4) is 0 Å². The monoisotopic (exact) mass is 384 g/mol. The molecule has 28 heavy (non-hydrogen) atoms. The number of nitrogens with zero attached hydrogens (tertiary/aromatic N) is 2. The Morgan fingerprint density at radius 1 is 1.29 bits per heavy atom. The maximum absolute atomic E-state index is 12.9. The molecule has 0 saturated carbocycles. The van der Waals surface area contributed by atoms with Crippen LogP contribution in [0.2, 0.25) is 0 Å². The summed E-state index contributed by atoms with van der Waals surface area (Å²) in [6, 6.07) is 10.3. The first-order chi connectivity index (χ1) is 13.5. The number of nitrogens with one attached hydrogen (secondary N) is 2. The van der Waals surface area contributed by atoms with Crippen LogP contribution in [0, 0.1) is 0 Å². The number of benzene rings is 1. The number of H-pyrrole nitrogens is 1. The standard InChI is InChI=1S/C21H28N4O3/c1-16(8-9-17-6-4-3-5-7-17)24-20(27)21(28-2)10-12-25(13-11-21)19(26)18-14-22-23-15-18/h3-7,14-16H,8-13H2,1-2H3,(H,22,23)(H,24,27). The van der Waals surface area contributed by atoms with Crippen LogP contribution < -0.4 is 5.32 Å². The minimum absolute atomic E-state index is 0.0466. The fraction of sp³-hybridized carbons (Fsp3) is 0.476. The zero-order chi connectivity index (χ0) is 20.0. The lowest BCUT2D eigenvalue weighted by Crippen LogP contribution is -2.57. The number of aryl methyl sites for hydroxylation is 1. The van der Waals surface area contributed by atoms with Crippen LogP contribution in [0.1, 0.15) is 42.1 Å². The average Bonchev–Trinajstić information content (AvgIpc) is 3.27. The molecule has 1 atom stereocenters. The van der Waals surface area contributed by atoms with E-state index in [9.17, 15) is 9.59 Å². The minimum atomic E-state index is -0.881. The molecule has 1 aromatic carbocycles. The van der Waals surface area contributed by atoms with Gasteiger partial charge in [0.2, 0.25) is 0 Å². The molecule has 7 heteroatoms. The Morgan fingerprint density at radius 3 is 2.61 bits per heavy atom. The number of hydrogen-bond acceptors (Lipinski definition) is 4. The molecule has 1 saturated heterocycles. The lowest BCUT2D eigenvalue weighted by atomic mass is 9.89. The van der Waals surface area contributed by atoms with E-state index in [0.29, 0.717) is 31.5 Å². The van der Waals surface area contributed by atoms with E-state index < -0.39 is 5.60 Å². The fourth-order valence-corrected chi connectivity index (χ4v) is 3.60. The topological polar surface area (TPSA) is 87.3 Å². The van der Waals surface area contributed by atoms with Gasteiger partial charge in [-0.05, 0) is 25.3 Å². The Labute approximate surface area is 165 Å². The molecular formula is C21H28N4O3. The average molecular weight is 384 g/mol. The third-order valence-electron chi connectivity index (χ3n) is 5.49. The summed E-state index contributed by atoms with van der Waals surface area (Å²) in [5.41, 5.74) is 0.911. The van der Waals surface area contributed by atoms with E-state index in [2.05, 4.69) is 27.6 Å². The number of carbonyl (C=O) groups is 2. The van der Waals surface area contributed by atoms with E-state index >= 15 is 0 Å². The number of carbonyl (C=O) groups excluding carboxylic acids is 2. The molecule has 1 fully saturated rings. The molecule has 1 aliphatic rings.